The van der Waals surface area contributed by atoms with E-state index in [-0.39, 0.29) is 12.3 Å². The summed E-state index contributed by atoms with van der Waals surface area (Å²) in [6.07, 6.45) is 1.45. The van der Waals surface area contributed by atoms with Crippen molar-refractivity contribution in [2.24, 2.45) is 0 Å². The smallest absolute Gasteiger partial charge is 0.354 e. The molecule has 1 heterocycles. The molecular weight excluding hydrogens is 208 g/mol. The number of para-hydroxylation sites is 1. The van der Waals surface area contributed by atoms with Crippen molar-refractivity contribution in [1.29, 1.82) is 0 Å². The molecule has 0 amide bonds. The molecule has 0 saturated carbocycles. The van der Waals surface area contributed by atoms with Crippen LogP contribution in [0.4, 0.5) is 0 Å². The Hall–Kier alpha value is -2.30. The van der Waals surface area contributed by atoms with Gasteiger partial charge >= 0.3 is 5.97 Å². The fraction of sp³-hybridized carbons (Fsp3) is 0.0909. The third-order valence-electron chi connectivity index (χ3n) is 2.07. The summed E-state index contributed by atoms with van der Waals surface area (Å²) in [6.45, 7) is 0.183. The van der Waals surface area contributed by atoms with Crippen molar-refractivity contribution in [3.8, 4) is 5.75 Å². The van der Waals surface area contributed by atoms with Crippen LogP contribution < -0.4 is 4.74 Å². The van der Waals surface area contributed by atoms with Crippen LogP contribution in [0, 0.1) is 0 Å². The number of nitrogens with one attached hydrogen (secondary N) is 1. The monoisotopic (exact) mass is 218 g/mol. The molecule has 1 aromatic heterocycles. The number of carboxylic acids is 1. The number of aromatic nitrogens is 2. The average Bonchev–Trinajstić information content (AvgIpc) is 2.76. The van der Waals surface area contributed by atoms with E-state index in [9.17, 15) is 4.79 Å². The van der Waals surface area contributed by atoms with Crippen molar-refractivity contribution in [2.75, 3.05) is 0 Å². The fourth-order valence-electron chi connectivity index (χ4n) is 1.28. The Labute approximate surface area is 91.7 Å². The van der Waals surface area contributed by atoms with Gasteiger partial charge in [-0.2, -0.15) is 5.10 Å². The zero-order valence-electron chi connectivity index (χ0n) is 8.38. The molecule has 0 unspecified atom stereocenters. The highest BCUT2D eigenvalue weighted by Crippen LogP contribution is 2.12. The van der Waals surface area contributed by atoms with Gasteiger partial charge in [-0.05, 0) is 12.1 Å². The minimum Gasteiger partial charge on any atom is -0.489 e. The standard InChI is InChI=1S/C11H10N2O3/c14-11(15)10-8(6-12-13-10)7-16-9-4-2-1-3-5-9/h1-6H,7H2,(H,12,13)(H,14,15). The van der Waals surface area contributed by atoms with E-state index in [0.29, 0.717) is 11.3 Å². The first-order valence-corrected chi connectivity index (χ1v) is 4.71. The molecule has 0 atom stereocenters. The van der Waals surface area contributed by atoms with E-state index in [4.69, 9.17) is 9.84 Å². The first-order valence-electron chi connectivity index (χ1n) is 4.71. The third-order valence-corrected chi connectivity index (χ3v) is 2.07. The van der Waals surface area contributed by atoms with E-state index in [2.05, 4.69) is 10.2 Å². The lowest BCUT2D eigenvalue weighted by Crippen LogP contribution is -2.04. The van der Waals surface area contributed by atoms with Crippen molar-refractivity contribution in [2.45, 2.75) is 6.61 Å². The Morgan fingerprint density at radius 2 is 2.12 bits per heavy atom. The van der Waals surface area contributed by atoms with E-state index >= 15 is 0 Å². The summed E-state index contributed by atoms with van der Waals surface area (Å²) in [5.41, 5.74) is 0.590. The zero-order chi connectivity index (χ0) is 11.4. The topological polar surface area (TPSA) is 75.2 Å². The normalized spacial score (nSPS) is 10.0. The molecule has 82 valence electrons. The van der Waals surface area contributed by atoms with Crippen molar-refractivity contribution in [1.82, 2.24) is 10.2 Å². The summed E-state index contributed by atoms with van der Waals surface area (Å²) < 4.78 is 5.42. The van der Waals surface area contributed by atoms with E-state index in [0.717, 1.165) is 0 Å². The summed E-state index contributed by atoms with van der Waals surface area (Å²) in [5.74, 6) is -0.343. The van der Waals surface area contributed by atoms with Gasteiger partial charge in [0.1, 0.15) is 18.1 Å². The number of carboxylic acid groups (broad SMARTS) is 1. The first-order chi connectivity index (χ1) is 7.77. The second-order valence-electron chi connectivity index (χ2n) is 3.18. The maximum absolute atomic E-state index is 10.8. The van der Waals surface area contributed by atoms with Crippen LogP contribution in [0.25, 0.3) is 0 Å². The molecule has 1 aromatic carbocycles. The maximum atomic E-state index is 10.8. The van der Waals surface area contributed by atoms with Crippen LogP contribution in [-0.2, 0) is 6.61 Å². The molecule has 5 nitrogen and oxygen atoms in total. The highest BCUT2D eigenvalue weighted by molar-refractivity contribution is 5.86. The number of nitrogens with zero attached hydrogens (tertiary/aromatic N) is 1. The number of hydrogen-bond acceptors (Lipinski definition) is 3. The molecule has 2 rings (SSSR count). The number of carbonyl (C=O) groups is 1. The predicted octanol–water partition coefficient (Wildman–Crippen LogP) is 1.69. The van der Waals surface area contributed by atoms with Gasteiger partial charge in [0.05, 0.1) is 6.20 Å². The fourth-order valence-corrected chi connectivity index (χ4v) is 1.28. The maximum Gasteiger partial charge on any atom is 0.354 e. The largest absolute Gasteiger partial charge is 0.489 e. The van der Waals surface area contributed by atoms with Gasteiger partial charge in [-0.1, -0.05) is 18.2 Å². The SMILES string of the molecule is O=C(O)c1[nH]ncc1COc1ccccc1. The molecule has 0 saturated heterocycles. The van der Waals surface area contributed by atoms with Gasteiger partial charge in [-0.15, -0.1) is 0 Å². The Balaban J connectivity index is 2.05. The Morgan fingerprint density at radius 1 is 1.38 bits per heavy atom. The lowest BCUT2D eigenvalue weighted by atomic mass is 10.2. The molecule has 2 aromatic rings. The molecule has 0 aliphatic heterocycles. The lowest BCUT2D eigenvalue weighted by molar-refractivity contribution is 0.0687. The van der Waals surface area contributed by atoms with Gasteiger partial charge in [0.25, 0.3) is 0 Å². The molecule has 0 fully saturated rings. The first kappa shape index (κ1) is 10.2. The van der Waals surface area contributed by atoms with Crippen LogP contribution in [-0.4, -0.2) is 21.3 Å². The van der Waals surface area contributed by atoms with E-state index in [1.807, 2.05) is 18.2 Å². The molecule has 0 aliphatic rings. The van der Waals surface area contributed by atoms with Crippen molar-refractivity contribution in [3.05, 3.63) is 47.8 Å². The molecule has 0 radical (unpaired) electrons. The number of aromatic carboxylic acids is 1. The van der Waals surface area contributed by atoms with Gasteiger partial charge in [0, 0.05) is 5.56 Å². The van der Waals surface area contributed by atoms with Gasteiger partial charge in [-0.3, -0.25) is 5.10 Å². The second-order valence-corrected chi connectivity index (χ2v) is 3.18. The van der Waals surface area contributed by atoms with Crippen LogP contribution in [0.3, 0.4) is 0 Å². The summed E-state index contributed by atoms with van der Waals surface area (Å²) in [6, 6.07) is 9.19. The molecule has 0 spiro atoms. The Bertz CT molecular complexity index is 479. The number of H-pyrrole nitrogens is 1. The van der Waals surface area contributed by atoms with Crippen LogP contribution >= 0.6 is 0 Å². The van der Waals surface area contributed by atoms with E-state index in [1.165, 1.54) is 6.20 Å². The molecule has 0 aliphatic carbocycles. The highest BCUT2D eigenvalue weighted by Gasteiger charge is 2.12. The van der Waals surface area contributed by atoms with Gasteiger partial charge in [0.2, 0.25) is 0 Å². The zero-order valence-corrected chi connectivity index (χ0v) is 8.38. The van der Waals surface area contributed by atoms with Crippen LogP contribution in [0.2, 0.25) is 0 Å². The molecule has 16 heavy (non-hydrogen) atoms. The molecule has 5 heteroatoms. The molecule has 0 bridgehead atoms. The third kappa shape index (κ3) is 2.20. The van der Waals surface area contributed by atoms with Gasteiger partial charge < -0.3 is 9.84 Å². The van der Waals surface area contributed by atoms with Crippen molar-refractivity contribution >= 4 is 5.97 Å². The Morgan fingerprint density at radius 3 is 2.81 bits per heavy atom. The summed E-state index contributed by atoms with van der Waals surface area (Å²) in [7, 11) is 0. The number of aromatic amines is 1. The van der Waals surface area contributed by atoms with E-state index in [1.54, 1.807) is 12.1 Å². The number of rotatable bonds is 4. The van der Waals surface area contributed by atoms with Crippen LogP contribution in [0.1, 0.15) is 16.1 Å². The Kier molecular flexibility index (Phi) is 2.86. The number of benzene rings is 1. The number of hydrogen-bond donors (Lipinski definition) is 2. The lowest BCUT2D eigenvalue weighted by Gasteiger charge is -2.04. The van der Waals surface area contributed by atoms with Gasteiger partial charge in [-0.25, -0.2) is 4.79 Å². The van der Waals surface area contributed by atoms with Crippen molar-refractivity contribution in [3.63, 3.8) is 0 Å². The second kappa shape index (κ2) is 4.48. The summed E-state index contributed by atoms with van der Waals surface area (Å²) >= 11 is 0. The minimum atomic E-state index is -1.04. The predicted molar refractivity (Wildman–Crippen MR) is 56.3 cm³/mol. The quantitative estimate of drug-likeness (QED) is 0.818. The summed E-state index contributed by atoms with van der Waals surface area (Å²) in [5, 5.41) is 14.9. The molecular formula is C11H10N2O3. The summed E-state index contributed by atoms with van der Waals surface area (Å²) in [4.78, 5) is 10.8. The van der Waals surface area contributed by atoms with Crippen LogP contribution in [0.15, 0.2) is 36.5 Å². The van der Waals surface area contributed by atoms with E-state index < -0.39 is 5.97 Å². The van der Waals surface area contributed by atoms with Crippen LogP contribution in [0.5, 0.6) is 5.75 Å². The highest BCUT2D eigenvalue weighted by atomic mass is 16.5. The average molecular weight is 218 g/mol. The minimum absolute atomic E-state index is 0.0657. The van der Waals surface area contributed by atoms with Gasteiger partial charge in [0.15, 0.2) is 0 Å². The number of ether oxygens (including phenoxy) is 1. The molecule has 2 N–H and O–H groups in total. The van der Waals surface area contributed by atoms with Crippen molar-refractivity contribution < 1.29 is 14.6 Å².